The number of carbonyl (C=O) groups is 2. The van der Waals surface area contributed by atoms with Crippen molar-refractivity contribution in [2.75, 3.05) is 20.2 Å². The molecule has 2 aliphatic heterocycles. The van der Waals surface area contributed by atoms with Crippen LogP contribution in [0.4, 0.5) is 0 Å². The van der Waals surface area contributed by atoms with Crippen molar-refractivity contribution in [2.24, 2.45) is 17.8 Å². The molecule has 4 atom stereocenters. The monoisotopic (exact) mass is 441 g/mol. The summed E-state index contributed by atoms with van der Waals surface area (Å²) in [7, 11) is 1.61. The molecule has 3 saturated carbocycles. The SMILES string of the molecule is COc1ccc2c(c1)O[C@@]1(C[C@H]3CC[C@H]1C[C@@H]3C(=O)NC1CCN(C(C)C)CC1)NC2=O. The molecule has 1 saturated heterocycles. The molecule has 0 radical (unpaired) electrons. The third kappa shape index (κ3) is 3.74. The van der Waals surface area contributed by atoms with E-state index >= 15 is 0 Å². The van der Waals surface area contributed by atoms with Gasteiger partial charge in [0.1, 0.15) is 11.5 Å². The van der Waals surface area contributed by atoms with Gasteiger partial charge < -0.3 is 25.0 Å². The fraction of sp³-hybridized carbons (Fsp3) is 0.680. The van der Waals surface area contributed by atoms with Gasteiger partial charge in [0.05, 0.1) is 12.7 Å². The van der Waals surface area contributed by atoms with Crippen molar-refractivity contribution in [3.63, 3.8) is 0 Å². The zero-order valence-electron chi connectivity index (χ0n) is 19.4. The number of amides is 2. The van der Waals surface area contributed by atoms with E-state index in [0.29, 0.717) is 29.5 Å². The largest absolute Gasteiger partial charge is 0.497 e. The predicted molar refractivity (Wildman–Crippen MR) is 121 cm³/mol. The van der Waals surface area contributed by atoms with E-state index in [9.17, 15) is 9.59 Å². The summed E-state index contributed by atoms with van der Waals surface area (Å²) >= 11 is 0. The molecule has 5 aliphatic rings. The van der Waals surface area contributed by atoms with Gasteiger partial charge in [0.15, 0.2) is 5.72 Å². The van der Waals surface area contributed by atoms with Crippen molar-refractivity contribution in [2.45, 2.75) is 70.2 Å². The number of nitrogens with zero attached hydrogens (tertiary/aromatic N) is 1. The van der Waals surface area contributed by atoms with Gasteiger partial charge in [0.2, 0.25) is 5.91 Å². The summed E-state index contributed by atoms with van der Waals surface area (Å²) in [5.41, 5.74) is -0.168. The van der Waals surface area contributed by atoms with Crippen LogP contribution in [-0.2, 0) is 4.79 Å². The lowest BCUT2D eigenvalue weighted by molar-refractivity contribution is -0.147. The fourth-order valence-electron chi connectivity index (χ4n) is 6.31. The number of carbonyl (C=O) groups excluding carboxylic acids is 2. The summed E-state index contributed by atoms with van der Waals surface area (Å²) < 4.78 is 11.8. The summed E-state index contributed by atoms with van der Waals surface area (Å²) in [4.78, 5) is 28.6. The van der Waals surface area contributed by atoms with Gasteiger partial charge in [-0.25, -0.2) is 0 Å². The van der Waals surface area contributed by atoms with E-state index in [1.54, 1.807) is 25.3 Å². The normalized spacial score (nSPS) is 32.4. The van der Waals surface area contributed by atoms with Gasteiger partial charge in [-0.3, -0.25) is 9.59 Å². The summed E-state index contributed by atoms with van der Waals surface area (Å²) in [5.74, 6) is 1.72. The highest BCUT2D eigenvalue weighted by atomic mass is 16.5. The Bertz CT molecular complexity index is 895. The Hall–Kier alpha value is -2.28. The van der Waals surface area contributed by atoms with E-state index in [0.717, 1.165) is 45.2 Å². The van der Waals surface area contributed by atoms with Gasteiger partial charge in [0, 0.05) is 49.5 Å². The molecular weight excluding hydrogens is 406 g/mol. The van der Waals surface area contributed by atoms with E-state index in [4.69, 9.17) is 9.47 Å². The van der Waals surface area contributed by atoms with Gasteiger partial charge in [-0.1, -0.05) is 0 Å². The van der Waals surface area contributed by atoms with Crippen molar-refractivity contribution in [1.82, 2.24) is 15.5 Å². The van der Waals surface area contributed by atoms with E-state index < -0.39 is 5.72 Å². The number of piperidine rings is 1. The van der Waals surface area contributed by atoms with Crippen LogP contribution >= 0.6 is 0 Å². The number of fused-ring (bicyclic) bond motifs is 3. The maximum absolute atomic E-state index is 13.2. The first-order valence-electron chi connectivity index (χ1n) is 12.1. The predicted octanol–water partition coefficient (Wildman–Crippen LogP) is 2.94. The molecule has 7 heteroatoms. The number of likely N-dealkylation sites (tertiary alicyclic amines) is 1. The molecule has 2 amide bonds. The minimum atomic E-state index is -0.710. The quantitative estimate of drug-likeness (QED) is 0.751. The highest BCUT2D eigenvalue weighted by Gasteiger charge is 2.57. The topological polar surface area (TPSA) is 79.9 Å². The highest BCUT2D eigenvalue weighted by Crippen LogP contribution is 2.52. The van der Waals surface area contributed by atoms with E-state index in [1.807, 2.05) is 0 Å². The number of rotatable bonds is 4. The molecule has 7 nitrogen and oxygen atoms in total. The second-order valence-corrected chi connectivity index (χ2v) is 10.3. The average Bonchev–Trinajstić information content (AvgIpc) is 2.79. The van der Waals surface area contributed by atoms with Gasteiger partial charge in [-0.2, -0.15) is 0 Å². The van der Waals surface area contributed by atoms with Gasteiger partial charge in [-0.15, -0.1) is 0 Å². The first kappa shape index (κ1) is 21.6. The first-order valence-corrected chi connectivity index (χ1v) is 12.1. The Morgan fingerprint density at radius 2 is 2.03 bits per heavy atom. The molecule has 3 aliphatic carbocycles. The molecule has 0 unspecified atom stereocenters. The smallest absolute Gasteiger partial charge is 0.258 e. The third-order valence-electron chi connectivity index (χ3n) is 8.21. The molecule has 1 aromatic carbocycles. The number of methoxy groups -OCH3 is 1. The summed E-state index contributed by atoms with van der Waals surface area (Å²) in [6.45, 7) is 6.55. The van der Waals surface area contributed by atoms with Crippen LogP contribution in [0, 0.1) is 17.8 Å². The standard InChI is InChI=1S/C25H35N3O4/c1-15(2)28-10-8-18(9-11-28)26-23(29)21-12-17-5-4-16(21)14-25(17)27-24(30)20-7-6-19(31-3)13-22(20)32-25/h6-7,13,15-18,21H,4-5,8-12,14H2,1-3H3,(H,26,29)(H,27,30)/t16-,17+,21+,25-/m1/s1. The first-order chi connectivity index (χ1) is 15.4. The lowest BCUT2D eigenvalue weighted by atomic mass is 9.60. The van der Waals surface area contributed by atoms with Crippen LogP contribution in [0.2, 0.25) is 0 Å². The fourth-order valence-corrected chi connectivity index (χ4v) is 6.31. The zero-order valence-corrected chi connectivity index (χ0v) is 19.4. The van der Waals surface area contributed by atoms with Crippen LogP contribution in [0.15, 0.2) is 18.2 Å². The molecule has 174 valence electrons. The van der Waals surface area contributed by atoms with Crippen LogP contribution in [0.1, 0.15) is 62.7 Å². The summed E-state index contributed by atoms with van der Waals surface area (Å²) in [6.07, 6.45) is 5.48. The van der Waals surface area contributed by atoms with Crippen molar-refractivity contribution in [3.8, 4) is 11.5 Å². The van der Waals surface area contributed by atoms with E-state index in [2.05, 4.69) is 29.4 Å². The third-order valence-corrected chi connectivity index (χ3v) is 8.21. The molecule has 1 spiro atoms. The molecule has 32 heavy (non-hydrogen) atoms. The Balaban J connectivity index is 1.26. The number of ether oxygens (including phenoxy) is 2. The lowest BCUT2D eigenvalue weighted by Gasteiger charge is -2.55. The molecule has 4 fully saturated rings. The Morgan fingerprint density at radius 1 is 1.25 bits per heavy atom. The second kappa shape index (κ2) is 8.25. The Kier molecular flexibility index (Phi) is 5.56. The number of benzene rings is 1. The average molecular weight is 442 g/mol. The number of nitrogens with one attached hydrogen (secondary N) is 2. The van der Waals surface area contributed by atoms with Crippen molar-refractivity contribution in [3.05, 3.63) is 23.8 Å². The van der Waals surface area contributed by atoms with Crippen LogP contribution in [0.25, 0.3) is 0 Å². The summed E-state index contributed by atoms with van der Waals surface area (Å²) in [5, 5.41) is 6.53. The van der Waals surface area contributed by atoms with Crippen LogP contribution in [0.5, 0.6) is 11.5 Å². The minimum absolute atomic E-state index is 0.00899. The van der Waals surface area contributed by atoms with Gasteiger partial charge in [-0.05, 0) is 64.0 Å². The van der Waals surface area contributed by atoms with Crippen LogP contribution in [-0.4, -0.2) is 54.7 Å². The molecule has 2 bridgehead atoms. The molecule has 0 aromatic heterocycles. The lowest BCUT2D eigenvalue weighted by Crippen LogP contribution is -2.67. The van der Waals surface area contributed by atoms with Gasteiger partial charge in [0.25, 0.3) is 5.91 Å². The maximum atomic E-state index is 13.2. The van der Waals surface area contributed by atoms with Crippen LogP contribution in [0.3, 0.4) is 0 Å². The van der Waals surface area contributed by atoms with Crippen molar-refractivity contribution < 1.29 is 19.1 Å². The molecule has 1 aromatic rings. The minimum Gasteiger partial charge on any atom is -0.497 e. The number of hydrogen-bond acceptors (Lipinski definition) is 5. The van der Waals surface area contributed by atoms with Gasteiger partial charge >= 0.3 is 0 Å². The van der Waals surface area contributed by atoms with E-state index in [-0.39, 0.29) is 35.6 Å². The Labute approximate surface area is 190 Å². The van der Waals surface area contributed by atoms with Crippen molar-refractivity contribution in [1.29, 1.82) is 0 Å². The number of hydrogen-bond donors (Lipinski definition) is 2. The molecule has 2 heterocycles. The zero-order chi connectivity index (χ0) is 22.5. The highest BCUT2D eigenvalue weighted by molar-refractivity contribution is 5.98. The molecular formula is C25H35N3O4. The van der Waals surface area contributed by atoms with E-state index in [1.165, 1.54) is 0 Å². The molecule has 2 N–H and O–H groups in total. The summed E-state index contributed by atoms with van der Waals surface area (Å²) in [6, 6.07) is 6.16. The second-order valence-electron chi connectivity index (χ2n) is 10.3. The van der Waals surface area contributed by atoms with Crippen molar-refractivity contribution >= 4 is 11.8 Å². The molecule has 6 rings (SSSR count). The maximum Gasteiger partial charge on any atom is 0.258 e. The Morgan fingerprint density at radius 3 is 2.69 bits per heavy atom. The van der Waals surface area contributed by atoms with Crippen LogP contribution < -0.4 is 20.1 Å².